The number of benzene rings is 1. The van der Waals surface area contributed by atoms with E-state index >= 15 is 0 Å². The molecule has 0 aromatic heterocycles. The van der Waals surface area contributed by atoms with Crippen LogP contribution in [0.2, 0.25) is 0 Å². The van der Waals surface area contributed by atoms with Crippen LogP contribution in [0.3, 0.4) is 0 Å². The first kappa shape index (κ1) is 13.1. The third-order valence-corrected chi connectivity index (χ3v) is 3.76. The van der Waals surface area contributed by atoms with E-state index in [0.29, 0.717) is 12.3 Å². The lowest BCUT2D eigenvalue weighted by atomic mass is 9.89. The van der Waals surface area contributed by atoms with E-state index in [4.69, 9.17) is 5.73 Å². The van der Waals surface area contributed by atoms with Crippen molar-refractivity contribution >= 4 is 5.91 Å². The predicted octanol–water partition coefficient (Wildman–Crippen LogP) is 2.13. The smallest absolute Gasteiger partial charge is 0.217 e. The van der Waals surface area contributed by atoms with Crippen LogP contribution in [-0.2, 0) is 4.79 Å². The zero-order valence-electron chi connectivity index (χ0n) is 10.8. The molecule has 18 heavy (non-hydrogen) atoms. The van der Waals surface area contributed by atoms with Crippen molar-refractivity contribution in [3.05, 3.63) is 35.9 Å². The maximum Gasteiger partial charge on any atom is 0.217 e. The summed E-state index contributed by atoms with van der Waals surface area (Å²) in [4.78, 5) is 13.1. The highest BCUT2D eigenvalue weighted by Gasteiger charge is 2.19. The quantitative estimate of drug-likeness (QED) is 0.865. The minimum atomic E-state index is -0.186. The van der Waals surface area contributed by atoms with Crippen LogP contribution in [0.1, 0.15) is 37.2 Å². The normalized spacial score (nSPS) is 17.8. The molecule has 1 aromatic carbocycles. The summed E-state index contributed by atoms with van der Waals surface area (Å²) >= 11 is 0. The number of likely N-dealkylation sites (tertiary alicyclic amines) is 1. The molecule has 2 rings (SSSR count). The second kappa shape index (κ2) is 6.55. The van der Waals surface area contributed by atoms with Gasteiger partial charge in [0.15, 0.2) is 0 Å². The van der Waals surface area contributed by atoms with Gasteiger partial charge in [0.2, 0.25) is 5.91 Å². The highest BCUT2D eigenvalue weighted by atomic mass is 16.1. The van der Waals surface area contributed by atoms with E-state index in [1.165, 1.54) is 18.4 Å². The fraction of sp³-hybridized carbons (Fsp3) is 0.533. The number of hydrogen-bond acceptors (Lipinski definition) is 2. The minimum absolute atomic E-state index is 0.186. The van der Waals surface area contributed by atoms with Crippen molar-refractivity contribution in [2.75, 3.05) is 19.6 Å². The maximum absolute atomic E-state index is 10.7. The minimum Gasteiger partial charge on any atom is -0.370 e. The second-order valence-corrected chi connectivity index (χ2v) is 5.10. The van der Waals surface area contributed by atoms with Crippen LogP contribution in [0.5, 0.6) is 0 Å². The Morgan fingerprint density at radius 2 is 1.89 bits per heavy atom. The van der Waals surface area contributed by atoms with Crippen LogP contribution < -0.4 is 5.73 Å². The fourth-order valence-corrected chi connectivity index (χ4v) is 2.69. The molecule has 1 saturated heterocycles. The highest BCUT2D eigenvalue weighted by molar-refractivity contribution is 5.73. The van der Waals surface area contributed by atoms with Crippen molar-refractivity contribution in [1.29, 1.82) is 0 Å². The summed E-state index contributed by atoms with van der Waals surface area (Å²) in [5, 5.41) is 0. The monoisotopic (exact) mass is 246 g/mol. The van der Waals surface area contributed by atoms with Gasteiger partial charge in [0, 0.05) is 6.42 Å². The number of carbonyl (C=O) groups is 1. The Balaban J connectivity index is 1.73. The molecule has 98 valence electrons. The summed E-state index contributed by atoms with van der Waals surface area (Å²) in [5.41, 5.74) is 6.62. The van der Waals surface area contributed by atoms with Gasteiger partial charge in [-0.15, -0.1) is 0 Å². The average molecular weight is 246 g/mol. The molecule has 1 aromatic rings. The number of rotatable bonds is 5. The predicted molar refractivity (Wildman–Crippen MR) is 73.3 cm³/mol. The van der Waals surface area contributed by atoms with Crippen LogP contribution in [0.15, 0.2) is 30.3 Å². The molecule has 3 nitrogen and oxygen atoms in total. The molecule has 0 saturated carbocycles. The van der Waals surface area contributed by atoms with E-state index in [9.17, 15) is 4.79 Å². The average Bonchev–Trinajstić information content (AvgIpc) is 2.40. The lowest BCUT2D eigenvalue weighted by Gasteiger charge is -2.32. The molecule has 0 unspecified atom stereocenters. The molecule has 0 atom stereocenters. The van der Waals surface area contributed by atoms with Gasteiger partial charge in [-0.3, -0.25) is 4.79 Å². The van der Waals surface area contributed by atoms with Crippen molar-refractivity contribution in [2.45, 2.75) is 31.6 Å². The SMILES string of the molecule is NC(=O)CCCN1CCC(c2ccccc2)CC1. The lowest BCUT2D eigenvalue weighted by molar-refractivity contribution is -0.118. The zero-order valence-corrected chi connectivity index (χ0v) is 10.8. The van der Waals surface area contributed by atoms with E-state index in [1.807, 2.05) is 0 Å². The van der Waals surface area contributed by atoms with E-state index in [1.54, 1.807) is 0 Å². The van der Waals surface area contributed by atoms with Crippen LogP contribution >= 0.6 is 0 Å². The van der Waals surface area contributed by atoms with Crippen molar-refractivity contribution in [2.24, 2.45) is 5.73 Å². The van der Waals surface area contributed by atoms with Crippen molar-refractivity contribution in [1.82, 2.24) is 4.90 Å². The summed E-state index contributed by atoms with van der Waals surface area (Å²) in [6, 6.07) is 10.8. The van der Waals surface area contributed by atoms with E-state index in [0.717, 1.165) is 26.1 Å². The molecule has 1 aliphatic heterocycles. The van der Waals surface area contributed by atoms with Gasteiger partial charge >= 0.3 is 0 Å². The number of carbonyl (C=O) groups excluding carboxylic acids is 1. The molecular formula is C15H22N2O. The molecule has 1 amide bonds. The van der Waals surface area contributed by atoms with Crippen LogP contribution in [0.25, 0.3) is 0 Å². The van der Waals surface area contributed by atoms with E-state index in [2.05, 4.69) is 35.2 Å². The van der Waals surface area contributed by atoms with Gasteiger partial charge in [-0.25, -0.2) is 0 Å². The molecule has 0 aliphatic carbocycles. The number of hydrogen-bond donors (Lipinski definition) is 1. The molecule has 0 spiro atoms. The first-order valence-corrected chi connectivity index (χ1v) is 6.81. The summed E-state index contributed by atoms with van der Waals surface area (Å²) in [7, 11) is 0. The van der Waals surface area contributed by atoms with Crippen molar-refractivity contribution in [3.8, 4) is 0 Å². The van der Waals surface area contributed by atoms with Gasteiger partial charge in [0.05, 0.1) is 0 Å². The Morgan fingerprint density at radius 3 is 2.50 bits per heavy atom. The molecule has 0 radical (unpaired) electrons. The van der Waals surface area contributed by atoms with Gasteiger partial charge in [-0.1, -0.05) is 30.3 Å². The number of nitrogens with two attached hydrogens (primary N) is 1. The Kier molecular flexibility index (Phi) is 4.76. The largest absolute Gasteiger partial charge is 0.370 e. The topological polar surface area (TPSA) is 46.3 Å². The number of piperidine rings is 1. The van der Waals surface area contributed by atoms with Gasteiger partial charge < -0.3 is 10.6 Å². The molecule has 0 bridgehead atoms. The first-order chi connectivity index (χ1) is 8.75. The summed E-state index contributed by atoms with van der Waals surface area (Å²) in [6.45, 7) is 3.28. The van der Waals surface area contributed by atoms with Gasteiger partial charge in [-0.05, 0) is 50.4 Å². The number of amides is 1. The molecular weight excluding hydrogens is 224 g/mol. The van der Waals surface area contributed by atoms with Crippen LogP contribution in [0.4, 0.5) is 0 Å². The standard InChI is InChI=1S/C15H22N2O/c16-15(18)7-4-10-17-11-8-14(9-12-17)13-5-2-1-3-6-13/h1-3,5-6,14H,4,7-12H2,(H2,16,18). The summed E-state index contributed by atoms with van der Waals surface area (Å²) in [5.74, 6) is 0.521. The molecule has 1 aliphatic rings. The van der Waals surface area contributed by atoms with Gasteiger partial charge in [0.1, 0.15) is 0 Å². The van der Waals surface area contributed by atoms with E-state index in [-0.39, 0.29) is 5.91 Å². The van der Waals surface area contributed by atoms with Crippen molar-refractivity contribution in [3.63, 3.8) is 0 Å². The third-order valence-electron chi connectivity index (χ3n) is 3.76. The first-order valence-electron chi connectivity index (χ1n) is 6.81. The van der Waals surface area contributed by atoms with E-state index < -0.39 is 0 Å². The molecule has 1 fully saturated rings. The van der Waals surface area contributed by atoms with Gasteiger partial charge in [0.25, 0.3) is 0 Å². The van der Waals surface area contributed by atoms with Crippen LogP contribution in [-0.4, -0.2) is 30.4 Å². The second-order valence-electron chi connectivity index (χ2n) is 5.10. The summed E-state index contributed by atoms with van der Waals surface area (Å²) in [6.07, 6.45) is 3.85. The Morgan fingerprint density at radius 1 is 1.22 bits per heavy atom. The lowest BCUT2D eigenvalue weighted by Crippen LogP contribution is -2.34. The Hall–Kier alpha value is -1.35. The van der Waals surface area contributed by atoms with Gasteiger partial charge in [-0.2, -0.15) is 0 Å². The van der Waals surface area contributed by atoms with Crippen LogP contribution in [0, 0.1) is 0 Å². The third kappa shape index (κ3) is 3.84. The fourth-order valence-electron chi connectivity index (χ4n) is 2.69. The number of primary amides is 1. The molecule has 2 N–H and O–H groups in total. The molecule has 3 heteroatoms. The highest BCUT2D eigenvalue weighted by Crippen LogP contribution is 2.27. The summed E-state index contributed by atoms with van der Waals surface area (Å²) < 4.78 is 0. The van der Waals surface area contributed by atoms with Crippen molar-refractivity contribution < 1.29 is 4.79 Å². The zero-order chi connectivity index (χ0) is 12.8. The molecule has 1 heterocycles. The maximum atomic E-state index is 10.7. The Bertz CT molecular complexity index is 369. The number of nitrogens with zero attached hydrogens (tertiary/aromatic N) is 1. The Labute approximate surface area is 109 Å².